The van der Waals surface area contributed by atoms with Gasteiger partial charge < -0.3 is 24.8 Å². The van der Waals surface area contributed by atoms with Crippen LogP contribution in [0.25, 0.3) is 10.9 Å². The molecule has 10 heteroatoms. The van der Waals surface area contributed by atoms with E-state index in [1.165, 1.54) is 4.57 Å². The van der Waals surface area contributed by atoms with Crippen molar-refractivity contribution in [3.63, 3.8) is 0 Å². The number of fused-ring (bicyclic) bond motifs is 1. The summed E-state index contributed by atoms with van der Waals surface area (Å²) in [6.07, 6.45) is 3.06. The number of pyridine rings is 1. The van der Waals surface area contributed by atoms with E-state index >= 15 is 0 Å². The minimum Gasteiger partial charge on any atom is -0.495 e. The zero-order valence-corrected chi connectivity index (χ0v) is 23.8. The molecule has 41 heavy (non-hydrogen) atoms. The van der Waals surface area contributed by atoms with Crippen molar-refractivity contribution in [3.8, 4) is 17.6 Å². The van der Waals surface area contributed by atoms with Gasteiger partial charge in [-0.3, -0.25) is 4.98 Å². The maximum absolute atomic E-state index is 13.6. The van der Waals surface area contributed by atoms with Crippen molar-refractivity contribution >= 4 is 39.7 Å². The molecule has 3 heterocycles. The number of piperidine rings is 1. The van der Waals surface area contributed by atoms with Crippen LogP contribution in [0.2, 0.25) is 0 Å². The van der Waals surface area contributed by atoms with Gasteiger partial charge in [-0.15, -0.1) is 11.8 Å². The van der Waals surface area contributed by atoms with Crippen molar-refractivity contribution in [1.82, 2.24) is 9.55 Å². The molecule has 0 amide bonds. The molecule has 0 saturated carbocycles. The third-order valence-electron chi connectivity index (χ3n) is 7.14. The molecule has 5 rings (SSSR count). The van der Waals surface area contributed by atoms with Gasteiger partial charge >= 0.3 is 6.18 Å². The maximum atomic E-state index is 13.6. The molecule has 6 nitrogen and oxygen atoms in total. The fraction of sp³-hybridized carbons (Fsp3) is 0.323. The largest absolute Gasteiger partial charge is 0.495 e. The molecule has 214 valence electrons. The molecule has 2 aromatic heterocycles. The van der Waals surface area contributed by atoms with Gasteiger partial charge in [0.15, 0.2) is 0 Å². The summed E-state index contributed by atoms with van der Waals surface area (Å²) in [7, 11) is 1.60. The number of anilines is 3. The second-order valence-corrected chi connectivity index (χ2v) is 10.7. The quantitative estimate of drug-likeness (QED) is 0.176. The Hall–Kier alpha value is -3.97. The van der Waals surface area contributed by atoms with Gasteiger partial charge in [-0.1, -0.05) is 12.0 Å². The van der Waals surface area contributed by atoms with Crippen LogP contribution in [-0.4, -0.2) is 54.8 Å². The van der Waals surface area contributed by atoms with Crippen molar-refractivity contribution < 1.29 is 17.9 Å². The number of halogens is 3. The van der Waals surface area contributed by atoms with E-state index in [-0.39, 0.29) is 12.6 Å². The Bertz CT molecular complexity index is 1540. The van der Waals surface area contributed by atoms with Crippen molar-refractivity contribution in [1.29, 1.82) is 0 Å². The fourth-order valence-electron chi connectivity index (χ4n) is 5.13. The smallest absolute Gasteiger partial charge is 0.406 e. The Morgan fingerprint density at radius 2 is 1.90 bits per heavy atom. The van der Waals surface area contributed by atoms with Crippen LogP contribution in [0, 0.1) is 11.8 Å². The van der Waals surface area contributed by atoms with E-state index < -0.39 is 12.7 Å². The van der Waals surface area contributed by atoms with Crippen LogP contribution in [-0.2, 0) is 6.54 Å². The van der Waals surface area contributed by atoms with Gasteiger partial charge in [-0.05, 0) is 73.5 Å². The first-order chi connectivity index (χ1) is 19.8. The first-order valence-corrected chi connectivity index (χ1v) is 14.6. The average Bonchev–Trinajstić information content (AvgIpc) is 3.32. The number of thioether (sulfide) groups is 1. The highest BCUT2D eigenvalue weighted by atomic mass is 32.2. The van der Waals surface area contributed by atoms with E-state index in [0.29, 0.717) is 17.0 Å². The highest BCUT2D eigenvalue weighted by molar-refractivity contribution is 7.98. The van der Waals surface area contributed by atoms with Crippen LogP contribution in [0.3, 0.4) is 0 Å². The number of hydrogen-bond acceptors (Lipinski definition) is 6. The van der Waals surface area contributed by atoms with Crippen LogP contribution in [0.15, 0.2) is 71.9 Å². The predicted octanol–water partition coefficient (Wildman–Crippen LogP) is 6.87. The van der Waals surface area contributed by atoms with Crippen LogP contribution >= 0.6 is 11.8 Å². The average molecular weight is 580 g/mol. The lowest BCUT2D eigenvalue weighted by Gasteiger charge is -2.34. The standard InChI is InChI=1S/C31H32F3N5OS/c1-40-30-19-25(41-2)10-11-28(30)36-15-5-6-23-18-26-27(8-3-9-29(26)39(23)21-31(32,33)34)37-22-12-16-38(17-13-22)24-7-4-14-35-20-24/h3-4,7-11,14,18-20,22,36-37H,12-13,15-17,21H2,1-2H3. The van der Waals surface area contributed by atoms with Crippen molar-refractivity contribution in [2.45, 2.75) is 36.5 Å². The Labute approximate surface area is 242 Å². The van der Waals surface area contributed by atoms with Gasteiger partial charge in [0.25, 0.3) is 0 Å². The number of nitrogens with zero attached hydrogens (tertiary/aromatic N) is 3. The number of methoxy groups -OCH3 is 1. The number of benzene rings is 2. The second-order valence-electron chi connectivity index (χ2n) is 9.81. The fourth-order valence-corrected chi connectivity index (χ4v) is 5.55. The molecule has 0 bridgehead atoms. The van der Waals surface area contributed by atoms with E-state index in [4.69, 9.17) is 4.74 Å². The molecular weight excluding hydrogens is 547 g/mol. The summed E-state index contributed by atoms with van der Waals surface area (Å²) in [5, 5.41) is 7.54. The molecule has 4 aromatic rings. The van der Waals surface area contributed by atoms with Crippen LogP contribution in [0.5, 0.6) is 5.75 Å². The highest BCUT2D eigenvalue weighted by Gasteiger charge is 2.30. The Kier molecular flexibility index (Phi) is 8.84. The molecular formula is C31H32F3N5OS. The maximum Gasteiger partial charge on any atom is 0.406 e. The summed E-state index contributed by atoms with van der Waals surface area (Å²) >= 11 is 1.61. The van der Waals surface area contributed by atoms with Crippen LogP contribution in [0.1, 0.15) is 18.5 Å². The number of alkyl halides is 3. The topological polar surface area (TPSA) is 54.4 Å². The first kappa shape index (κ1) is 28.6. The number of hydrogen-bond donors (Lipinski definition) is 2. The Balaban J connectivity index is 1.34. The lowest BCUT2D eigenvalue weighted by Crippen LogP contribution is -2.39. The van der Waals surface area contributed by atoms with Crippen molar-refractivity contribution in [3.05, 3.63) is 72.7 Å². The normalized spacial score (nSPS) is 14.0. The van der Waals surface area contributed by atoms with E-state index in [9.17, 15) is 13.2 Å². The molecule has 2 N–H and O–H groups in total. The Morgan fingerprint density at radius 1 is 1.07 bits per heavy atom. The zero-order chi connectivity index (χ0) is 28.8. The van der Waals surface area contributed by atoms with E-state index in [1.54, 1.807) is 43.3 Å². The van der Waals surface area contributed by atoms with Crippen molar-refractivity contribution in [2.24, 2.45) is 0 Å². The molecule has 0 radical (unpaired) electrons. The number of nitrogens with one attached hydrogen (secondary N) is 2. The summed E-state index contributed by atoms with van der Waals surface area (Å²) in [5.41, 5.74) is 3.53. The molecule has 0 spiro atoms. The minimum atomic E-state index is -4.38. The molecule has 2 aromatic carbocycles. The number of ether oxygens (including phenoxy) is 1. The lowest BCUT2D eigenvalue weighted by molar-refractivity contribution is -0.140. The van der Waals surface area contributed by atoms with Gasteiger partial charge in [0.1, 0.15) is 12.3 Å². The van der Waals surface area contributed by atoms with Gasteiger partial charge in [0.2, 0.25) is 0 Å². The molecule has 1 aliphatic rings. The minimum absolute atomic E-state index is 0.214. The Morgan fingerprint density at radius 3 is 2.61 bits per heavy atom. The summed E-state index contributed by atoms with van der Waals surface area (Å²) < 4.78 is 47.5. The van der Waals surface area contributed by atoms with E-state index in [2.05, 4.69) is 38.4 Å². The van der Waals surface area contributed by atoms with E-state index in [1.807, 2.05) is 42.8 Å². The zero-order valence-electron chi connectivity index (χ0n) is 23.0. The third kappa shape index (κ3) is 7.03. The molecule has 0 unspecified atom stereocenters. The number of rotatable bonds is 8. The summed E-state index contributed by atoms with van der Waals surface area (Å²) in [6, 6.07) is 17.2. The van der Waals surface area contributed by atoms with Crippen LogP contribution < -0.4 is 20.3 Å². The van der Waals surface area contributed by atoms with Gasteiger partial charge in [0.05, 0.1) is 42.4 Å². The number of aromatic nitrogens is 2. The molecule has 0 atom stereocenters. The molecule has 1 saturated heterocycles. The highest BCUT2D eigenvalue weighted by Crippen LogP contribution is 2.32. The van der Waals surface area contributed by atoms with E-state index in [0.717, 1.165) is 53.3 Å². The third-order valence-corrected chi connectivity index (χ3v) is 7.87. The SMILES string of the molecule is COc1cc(SC)ccc1NCC#Cc1cc2c(NC3CCN(c4cccnc4)CC3)cccc2n1CC(F)(F)F. The lowest BCUT2D eigenvalue weighted by atomic mass is 10.0. The van der Waals surface area contributed by atoms with Crippen LogP contribution in [0.4, 0.5) is 30.2 Å². The molecule has 1 fully saturated rings. The summed E-state index contributed by atoms with van der Waals surface area (Å²) in [4.78, 5) is 7.59. The predicted molar refractivity (Wildman–Crippen MR) is 161 cm³/mol. The van der Waals surface area contributed by atoms with Crippen molar-refractivity contribution in [2.75, 3.05) is 48.5 Å². The molecule has 1 aliphatic heterocycles. The first-order valence-electron chi connectivity index (χ1n) is 13.4. The second kappa shape index (κ2) is 12.7. The monoisotopic (exact) mass is 579 g/mol. The summed E-state index contributed by atoms with van der Waals surface area (Å²) in [5.74, 6) is 6.66. The van der Waals surface area contributed by atoms with Gasteiger partial charge in [-0.2, -0.15) is 13.2 Å². The van der Waals surface area contributed by atoms with Gasteiger partial charge in [-0.25, -0.2) is 0 Å². The summed E-state index contributed by atoms with van der Waals surface area (Å²) in [6.45, 7) is 0.903. The molecule has 0 aliphatic carbocycles. The van der Waals surface area contributed by atoms with Gasteiger partial charge in [0, 0.05) is 41.3 Å².